The van der Waals surface area contributed by atoms with Crippen LogP contribution in [0.25, 0.3) is 0 Å². The second kappa shape index (κ2) is 7.45. The highest BCUT2D eigenvalue weighted by Crippen LogP contribution is 2.21. The van der Waals surface area contributed by atoms with E-state index in [4.69, 9.17) is 0 Å². The molecule has 2 atom stereocenters. The summed E-state index contributed by atoms with van der Waals surface area (Å²) in [7, 11) is 0. The minimum absolute atomic E-state index is 0.176. The van der Waals surface area contributed by atoms with Crippen LogP contribution in [-0.2, 0) is 11.3 Å². The molecule has 0 bridgehead atoms. The van der Waals surface area contributed by atoms with Gasteiger partial charge in [-0.25, -0.2) is 14.3 Å². The molecule has 0 aliphatic carbocycles. The molecule has 1 heterocycles. The Morgan fingerprint density at radius 3 is 2.65 bits per heavy atom. The van der Waals surface area contributed by atoms with Crippen molar-refractivity contribution in [3.8, 4) is 0 Å². The summed E-state index contributed by atoms with van der Waals surface area (Å²) in [6.45, 7) is 5.90. The fraction of sp³-hybridized carbons (Fsp3) is 0.400. The fourth-order valence-electron chi connectivity index (χ4n) is 2.05. The van der Waals surface area contributed by atoms with Crippen molar-refractivity contribution in [1.29, 1.82) is 0 Å². The second-order valence-electron chi connectivity index (χ2n) is 5.10. The number of aromatic amines is 1. The Kier molecular flexibility index (Phi) is 5.59. The van der Waals surface area contributed by atoms with Crippen LogP contribution in [-0.4, -0.2) is 25.9 Å². The first-order chi connectivity index (χ1) is 10.9. The molecule has 0 aliphatic rings. The molecule has 124 valence electrons. The Labute approximate surface area is 137 Å². The van der Waals surface area contributed by atoms with Crippen LogP contribution in [0.3, 0.4) is 0 Å². The molecule has 6 nitrogen and oxygen atoms in total. The molecule has 0 spiro atoms. The molecular weight excluding hydrogens is 319 g/mol. The van der Waals surface area contributed by atoms with Crippen molar-refractivity contribution in [1.82, 2.24) is 20.1 Å². The van der Waals surface area contributed by atoms with Gasteiger partial charge in [0.25, 0.3) is 0 Å². The van der Waals surface area contributed by atoms with Gasteiger partial charge in [0.05, 0.1) is 11.3 Å². The number of H-pyrrole nitrogens is 1. The van der Waals surface area contributed by atoms with Crippen molar-refractivity contribution >= 4 is 17.7 Å². The van der Waals surface area contributed by atoms with Crippen LogP contribution in [0.15, 0.2) is 34.2 Å². The van der Waals surface area contributed by atoms with Gasteiger partial charge in [-0.1, -0.05) is 23.9 Å². The maximum absolute atomic E-state index is 12.9. The molecule has 2 aromatic rings. The van der Waals surface area contributed by atoms with Gasteiger partial charge in [0.1, 0.15) is 5.82 Å². The predicted octanol–water partition coefficient (Wildman–Crippen LogP) is 2.09. The van der Waals surface area contributed by atoms with E-state index in [9.17, 15) is 14.0 Å². The van der Waals surface area contributed by atoms with Crippen LogP contribution in [0.5, 0.6) is 0 Å². The Morgan fingerprint density at radius 1 is 1.39 bits per heavy atom. The summed E-state index contributed by atoms with van der Waals surface area (Å²) in [6.07, 6.45) is 0. The van der Waals surface area contributed by atoms with E-state index in [1.54, 1.807) is 19.1 Å². The third-order valence-corrected chi connectivity index (χ3v) is 4.51. The standard InChI is InChI=1S/C15H19FN4O2S/c1-4-20-14(22)18-19-15(20)23-10(3)13(21)17-9(2)11-5-7-12(16)8-6-11/h5-10H,4H2,1-3H3,(H,17,21)(H,18,22)/t9-,10-/m1/s1. The van der Waals surface area contributed by atoms with Crippen LogP contribution in [0.1, 0.15) is 32.4 Å². The lowest BCUT2D eigenvalue weighted by atomic mass is 10.1. The van der Waals surface area contributed by atoms with Crippen LogP contribution < -0.4 is 11.0 Å². The SMILES string of the molecule is CCn1c(S[C@H](C)C(=O)N[C@H](C)c2ccc(F)cc2)n[nH]c1=O. The van der Waals surface area contributed by atoms with Gasteiger partial charge >= 0.3 is 5.69 Å². The van der Waals surface area contributed by atoms with E-state index in [0.717, 1.165) is 5.56 Å². The summed E-state index contributed by atoms with van der Waals surface area (Å²) in [5.74, 6) is -0.489. The Hall–Kier alpha value is -2.09. The van der Waals surface area contributed by atoms with Gasteiger partial charge in [-0.2, -0.15) is 0 Å². The molecule has 0 aliphatic heterocycles. The first-order valence-electron chi connectivity index (χ1n) is 7.30. The number of aromatic nitrogens is 3. The molecule has 23 heavy (non-hydrogen) atoms. The molecule has 1 aromatic carbocycles. The average molecular weight is 338 g/mol. The topological polar surface area (TPSA) is 79.8 Å². The van der Waals surface area contributed by atoms with Crippen molar-refractivity contribution in [2.45, 2.75) is 43.8 Å². The number of amides is 1. The van der Waals surface area contributed by atoms with Gasteiger partial charge in [-0.3, -0.25) is 9.36 Å². The number of nitrogens with zero attached hydrogens (tertiary/aromatic N) is 2. The highest BCUT2D eigenvalue weighted by atomic mass is 32.2. The smallest absolute Gasteiger partial charge is 0.343 e. The lowest BCUT2D eigenvalue weighted by molar-refractivity contribution is -0.120. The molecule has 0 unspecified atom stereocenters. The monoisotopic (exact) mass is 338 g/mol. The van der Waals surface area contributed by atoms with Crippen LogP contribution in [0.2, 0.25) is 0 Å². The molecular formula is C15H19FN4O2S. The number of hydrogen-bond acceptors (Lipinski definition) is 4. The van der Waals surface area contributed by atoms with E-state index in [0.29, 0.717) is 11.7 Å². The lowest BCUT2D eigenvalue weighted by Crippen LogP contribution is -2.33. The zero-order chi connectivity index (χ0) is 17.0. The Balaban J connectivity index is 1.99. The highest BCUT2D eigenvalue weighted by Gasteiger charge is 2.20. The zero-order valence-electron chi connectivity index (χ0n) is 13.2. The Bertz CT molecular complexity index is 726. The molecule has 0 saturated carbocycles. The van der Waals surface area contributed by atoms with E-state index in [2.05, 4.69) is 15.5 Å². The number of carbonyl (C=O) groups is 1. The lowest BCUT2D eigenvalue weighted by Gasteiger charge is -2.17. The van der Waals surface area contributed by atoms with Crippen LogP contribution in [0, 0.1) is 5.82 Å². The number of hydrogen-bond donors (Lipinski definition) is 2. The molecule has 0 fully saturated rings. The number of nitrogens with one attached hydrogen (secondary N) is 2. The number of rotatable bonds is 6. The minimum Gasteiger partial charge on any atom is -0.349 e. The van der Waals surface area contributed by atoms with Gasteiger partial charge in [0.15, 0.2) is 5.16 Å². The first kappa shape index (κ1) is 17.3. The summed E-state index contributed by atoms with van der Waals surface area (Å²) < 4.78 is 14.4. The molecule has 0 radical (unpaired) electrons. The number of thioether (sulfide) groups is 1. The van der Waals surface area contributed by atoms with E-state index in [1.807, 2.05) is 13.8 Å². The maximum Gasteiger partial charge on any atom is 0.343 e. The zero-order valence-corrected chi connectivity index (χ0v) is 14.0. The number of halogens is 1. The normalized spacial score (nSPS) is 13.6. The van der Waals surface area contributed by atoms with Gasteiger partial charge in [-0.05, 0) is 38.5 Å². The summed E-state index contributed by atoms with van der Waals surface area (Å²) in [6, 6.07) is 5.76. The van der Waals surface area contributed by atoms with Gasteiger partial charge in [-0.15, -0.1) is 5.10 Å². The molecule has 0 saturated heterocycles. The Morgan fingerprint density at radius 2 is 2.04 bits per heavy atom. The summed E-state index contributed by atoms with van der Waals surface area (Å²) >= 11 is 1.21. The van der Waals surface area contributed by atoms with Crippen molar-refractivity contribution in [2.24, 2.45) is 0 Å². The summed E-state index contributed by atoms with van der Waals surface area (Å²) in [5.41, 5.74) is 0.532. The van der Waals surface area contributed by atoms with E-state index < -0.39 is 5.25 Å². The minimum atomic E-state index is -0.418. The predicted molar refractivity (Wildman–Crippen MR) is 86.8 cm³/mol. The van der Waals surface area contributed by atoms with Crippen LogP contribution >= 0.6 is 11.8 Å². The van der Waals surface area contributed by atoms with Gasteiger partial charge in [0, 0.05) is 6.54 Å². The summed E-state index contributed by atoms with van der Waals surface area (Å²) in [4.78, 5) is 23.8. The van der Waals surface area contributed by atoms with Crippen LogP contribution in [0.4, 0.5) is 4.39 Å². The number of carbonyl (C=O) groups excluding carboxylic acids is 1. The summed E-state index contributed by atoms with van der Waals surface area (Å²) in [5, 5.41) is 9.23. The van der Waals surface area contributed by atoms with Gasteiger partial charge in [0.2, 0.25) is 5.91 Å². The average Bonchev–Trinajstić information content (AvgIpc) is 2.87. The molecule has 1 aromatic heterocycles. The third-order valence-electron chi connectivity index (χ3n) is 3.42. The largest absolute Gasteiger partial charge is 0.349 e. The molecule has 2 rings (SSSR count). The third kappa shape index (κ3) is 4.22. The number of benzene rings is 1. The maximum atomic E-state index is 12.9. The van der Waals surface area contributed by atoms with E-state index >= 15 is 0 Å². The van der Waals surface area contributed by atoms with Crippen molar-refractivity contribution in [3.63, 3.8) is 0 Å². The molecule has 1 amide bonds. The molecule has 8 heteroatoms. The van der Waals surface area contributed by atoms with Gasteiger partial charge < -0.3 is 5.32 Å². The quantitative estimate of drug-likeness (QED) is 0.791. The van der Waals surface area contributed by atoms with E-state index in [1.165, 1.54) is 28.5 Å². The van der Waals surface area contributed by atoms with Crippen molar-refractivity contribution in [2.75, 3.05) is 0 Å². The molecule has 2 N–H and O–H groups in total. The fourth-order valence-corrected chi connectivity index (χ4v) is 2.98. The first-order valence-corrected chi connectivity index (χ1v) is 8.18. The van der Waals surface area contributed by atoms with Crippen molar-refractivity contribution in [3.05, 3.63) is 46.1 Å². The van der Waals surface area contributed by atoms with Crippen molar-refractivity contribution < 1.29 is 9.18 Å². The van der Waals surface area contributed by atoms with E-state index in [-0.39, 0.29) is 23.5 Å². The second-order valence-corrected chi connectivity index (χ2v) is 6.41. The highest BCUT2D eigenvalue weighted by molar-refractivity contribution is 8.00.